The van der Waals surface area contributed by atoms with Crippen LogP contribution >= 0.6 is 0 Å². The lowest BCUT2D eigenvalue weighted by atomic mass is 10.1. The van der Waals surface area contributed by atoms with E-state index in [2.05, 4.69) is 13.8 Å². The molecule has 1 unspecified atom stereocenters. The molecule has 0 aromatic carbocycles. The Morgan fingerprint density at radius 1 is 0.432 bits per heavy atom. The number of ether oxygens (including phenoxy) is 3. The smallest absolute Gasteiger partial charge is 0.306 e. The Labute approximate surface area is 228 Å². The lowest BCUT2D eigenvalue weighted by molar-refractivity contribution is -0.167. The van der Waals surface area contributed by atoms with Gasteiger partial charge in [-0.25, -0.2) is 0 Å². The van der Waals surface area contributed by atoms with Gasteiger partial charge >= 0.3 is 17.9 Å². The number of carbonyl (C=O) groups is 3. The molecule has 0 bridgehead atoms. The van der Waals surface area contributed by atoms with Gasteiger partial charge in [-0.1, -0.05) is 124 Å². The third-order valence-corrected chi connectivity index (χ3v) is 6.58. The molecule has 0 saturated heterocycles. The van der Waals surface area contributed by atoms with Crippen molar-refractivity contribution in [1.82, 2.24) is 0 Å². The van der Waals surface area contributed by atoms with Gasteiger partial charge in [0.2, 0.25) is 0 Å². The third kappa shape index (κ3) is 25.8. The summed E-state index contributed by atoms with van der Waals surface area (Å²) in [6.07, 6.45) is 22.2. The van der Waals surface area contributed by atoms with Crippen molar-refractivity contribution in [1.29, 1.82) is 0 Å². The second-order valence-electron chi connectivity index (χ2n) is 10.4. The summed E-state index contributed by atoms with van der Waals surface area (Å²) in [5.74, 6) is -0.944. The highest BCUT2D eigenvalue weighted by Gasteiger charge is 2.19. The number of carbonyl (C=O) groups excluding carboxylic acids is 3. The van der Waals surface area contributed by atoms with Gasteiger partial charge in [0.05, 0.1) is 0 Å². The van der Waals surface area contributed by atoms with E-state index in [4.69, 9.17) is 14.2 Å². The molecule has 0 saturated carbocycles. The van der Waals surface area contributed by atoms with Crippen LogP contribution in [0.5, 0.6) is 0 Å². The quantitative estimate of drug-likeness (QED) is 0.0605. The van der Waals surface area contributed by atoms with Crippen LogP contribution in [0.4, 0.5) is 0 Å². The zero-order valence-electron chi connectivity index (χ0n) is 24.5. The van der Waals surface area contributed by atoms with Crippen molar-refractivity contribution in [3.05, 3.63) is 0 Å². The van der Waals surface area contributed by atoms with Gasteiger partial charge in [0.15, 0.2) is 6.10 Å². The molecule has 0 radical (unpaired) electrons. The lowest BCUT2D eigenvalue weighted by Gasteiger charge is -2.18. The van der Waals surface area contributed by atoms with E-state index < -0.39 is 6.10 Å². The van der Waals surface area contributed by atoms with Crippen LogP contribution in [0.3, 0.4) is 0 Å². The summed E-state index contributed by atoms with van der Waals surface area (Å²) in [7, 11) is 0. The number of hydrogen-bond acceptors (Lipinski definition) is 6. The summed E-state index contributed by atoms with van der Waals surface area (Å²) in [5.41, 5.74) is 0. The summed E-state index contributed by atoms with van der Waals surface area (Å²) in [6.45, 7) is 6.20. The fourth-order valence-corrected chi connectivity index (χ4v) is 4.24. The third-order valence-electron chi connectivity index (χ3n) is 6.58. The average Bonchev–Trinajstić information content (AvgIpc) is 2.88. The molecule has 37 heavy (non-hydrogen) atoms. The second kappa shape index (κ2) is 27.4. The largest absolute Gasteiger partial charge is 0.462 e. The van der Waals surface area contributed by atoms with Crippen LogP contribution in [0.1, 0.15) is 162 Å². The summed E-state index contributed by atoms with van der Waals surface area (Å²) < 4.78 is 16.1. The number of esters is 3. The van der Waals surface area contributed by atoms with E-state index >= 15 is 0 Å². The molecule has 6 heteroatoms. The Hall–Kier alpha value is -1.59. The Bertz CT molecular complexity index is 548. The Morgan fingerprint density at radius 3 is 1.19 bits per heavy atom. The predicted octanol–water partition coefficient (Wildman–Crippen LogP) is 8.63. The maximum atomic E-state index is 12.3. The SMILES string of the molecule is CCCCCCCCCCCC(=O)OCC(COC(=O)CCC)OC(=O)CCCCCCCCCCC. The summed E-state index contributed by atoms with van der Waals surface area (Å²) in [4.78, 5) is 36.3. The van der Waals surface area contributed by atoms with Crippen LogP contribution in [0.2, 0.25) is 0 Å². The molecular weight excluding hydrogens is 468 g/mol. The van der Waals surface area contributed by atoms with Crippen LogP contribution < -0.4 is 0 Å². The first-order valence-electron chi connectivity index (χ1n) is 15.5. The van der Waals surface area contributed by atoms with Gasteiger partial charge < -0.3 is 14.2 Å². The first-order valence-corrected chi connectivity index (χ1v) is 15.5. The highest BCUT2D eigenvalue weighted by atomic mass is 16.6. The van der Waals surface area contributed by atoms with Crippen molar-refractivity contribution in [2.45, 2.75) is 168 Å². The minimum atomic E-state index is -0.751. The first-order chi connectivity index (χ1) is 18.0. The molecule has 218 valence electrons. The Morgan fingerprint density at radius 2 is 0.784 bits per heavy atom. The highest BCUT2D eigenvalue weighted by molar-refractivity contribution is 5.71. The topological polar surface area (TPSA) is 78.9 Å². The van der Waals surface area contributed by atoms with Gasteiger partial charge in [-0.05, 0) is 19.3 Å². The van der Waals surface area contributed by atoms with Crippen molar-refractivity contribution in [2.75, 3.05) is 13.2 Å². The molecule has 0 spiro atoms. The normalized spacial score (nSPS) is 11.8. The molecule has 1 atom stereocenters. The molecule has 0 N–H and O–H groups in total. The minimum Gasteiger partial charge on any atom is -0.462 e. The van der Waals surface area contributed by atoms with Crippen molar-refractivity contribution in [3.63, 3.8) is 0 Å². The maximum Gasteiger partial charge on any atom is 0.306 e. The minimum absolute atomic E-state index is 0.0703. The zero-order chi connectivity index (χ0) is 27.4. The second-order valence-corrected chi connectivity index (χ2v) is 10.4. The molecule has 0 aliphatic rings. The van der Waals surface area contributed by atoms with Gasteiger partial charge in [0, 0.05) is 19.3 Å². The molecule has 0 rings (SSSR count). The van der Waals surface area contributed by atoms with E-state index in [9.17, 15) is 14.4 Å². The van der Waals surface area contributed by atoms with Crippen molar-refractivity contribution in [2.24, 2.45) is 0 Å². The fraction of sp³-hybridized carbons (Fsp3) is 0.903. The van der Waals surface area contributed by atoms with Gasteiger partial charge in [-0.3, -0.25) is 14.4 Å². The van der Waals surface area contributed by atoms with E-state index in [1.807, 2.05) is 6.92 Å². The first kappa shape index (κ1) is 35.4. The molecule has 0 aliphatic carbocycles. The number of unbranched alkanes of at least 4 members (excludes halogenated alkanes) is 16. The van der Waals surface area contributed by atoms with Crippen molar-refractivity contribution < 1.29 is 28.6 Å². The zero-order valence-corrected chi connectivity index (χ0v) is 24.5. The number of hydrogen-bond donors (Lipinski definition) is 0. The molecule has 0 aromatic rings. The maximum absolute atomic E-state index is 12.3. The van der Waals surface area contributed by atoms with Gasteiger partial charge in [-0.2, -0.15) is 0 Å². The van der Waals surface area contributed by atoms with E-state index in [1.54, 1.807) is 0 Å². The lowest BCUT2D eigenvalue weighted by Crippen LogP contribution is -2.30. The van der Waals surface area contributed by atoms with E-state index in [0.717, 1.165) is 38.5 Å². The molecule has 0 fully saturated rings. The van der Waals surface area contributed by atoms with Crippen LogP contribution in [-0.2, 0) is 28.6 Å². The van der Waals surface area contributed by atoms with Crippen molar-refractivity contribution >= 4 is 17.9 Å². The Balaban J connectivity index is 4.14. The van der Waals surface area contributed by atoms with Gasteiger partial charge in [0.25, 0.3) is 0 Å². The predicted molar refractivity (Wildman–Crippen MR) is 150 cm³/mol. The highest BCUT2D eigenvalue weighted by Crippen LogP contribution is 2.13. The molecule has 0 heterocycles. The summed E-state index contributed by atoms with van der Waals surface area (Å²) in [6, 6.07) is 0. The van der Waals surface area contributed by atoms with Crippen LogP contribution in [-0.4, -0.2) is 37.2 Å². The van der Waals surface area contributed by atoms with Gasteiger partial charge in [-0.15, -0.1) is 0 Å². The number of rotatable bonds is 27. The molecular formula is C31H58O6. The standard InChI is InChI=1S/C31H58O6/c1-4-7-9-11-13-15-17-19-21-24-30(33)36-27-28(26-35-29(32)23-6-3)37-31(34)25-22-20-18-16-14-12-10-8-5-2/h28H,4-27H2,1-3H3. The Kier molecular flexibility index (Phi) is 26.3. The fourth-order valence-electron chi connectivity index (χ4n) is 4.24. The monoisotopic (exact) mass is 526 g/mol. The molecule has 6 nitrogen and oxygen atoms in total. The molecule has 0 amide bonds. The van der Waals surface area contributed by atoms with Crippen molar-refractivity contribution in [3.8, 4) is 0 Å². The van der Waals surface area contributed by atoms with Crippen LogP contribution in [0, 0.1) is 0 Å². The van der Waals surface area contributed by atoms with E-state index in [-0.39, 0.29) is 31.1 Å². The molecule has 0 aromatic heterocycles. The van der Waals surface area contributed by atoms with Gasteiger partial charge in [0.1, 0.15) is 13.2 Å². The van der Waals surface area contributed by atoms with E-state index in [1.165, 1.54) is 77.0 Å². The molecule has 0 aliphatic heterocycles. The average molecular weight is 527 g/mol. The van der Waals surface area contributed by atoms with Crippen LogP contribution in [0.15, 0.2) is 0 Å². The van der Waals surface area contributed by atoms with Crippen LogP contribution in [0.25, 0.3) is 0 Å². The van der Waals surface area contributed by atoms with E-state index in [0.29, 0.717) is 25.7 Å². The summed E-state index contributed by atoms with van der Waals surface area (Å²) >= 11 is 0. The summed E-state index contributed by atoms with van der Waals surface area (Å²) in [5, 5.41) is 0.